The van der Waals surface area contributed by atoms with Crippen LogP contribution < -0.4 is 0 Å². The van der Waals surface area contributed by atoms with Gasteiger partial charge in [-0.1, -0.05) is 59.2 Å². The summed E-state index contributed by atoms with van der Waals surface area (Å²) in [6.45, 7) is 1.64. The summed E-state index contributed by atoms with van der Waals surface area (Å²) < 4.78 is 0. The Morgan fingerprint density at radius 3 is 2.35 bits per heavy atom. The van der Waals surface area contributed by atoms with Gasteiger partial charge in [-0.25, -0.2) is 0 Å². The van der Waals surface area contributed by atoms with Crippen molar-refractivity contribution in [2.45, 2.75) is 25.2 Å². The van der Waals surface area contributed by atoms with E-state index in [1.165, 1.54) is 0 Å². The Bertz CT molecular complexity index is 1250. The first-order chi connectivity index (χ1) is 16.7. The van der Waals surface area contributed by atoms with Crippen molar-refractivity contribution in [3.8, 4) is 22.4 Å². The van der Waals surface area contributed by atoms with Gasteiger partial charge in [0, 0.05) is 59.7 Å². The Balaban J connectivity index is 1.39. The van der Waals surface area contributed by atoms with Crippen molar-refractivity contribution in [3.05, 3.63) is 95.4 Å². The number of likely N-dealkylation sites (tertiary alicyclic amines) is 1. The summed E-state index contributed by atoms with van der Waals surface area (Å²) in [6.07, 6.45) is 6.12. The lowest BCUT2D eigenvalue weighted by Gasteiger charge is -2.33. The lowest BCUT2D eigenvalue weighted by Crippen LogP contribution is -2.39. The van der Waals surface area contributed by atoms with Gasteiger partial charge in [-0.3, -0.25) is 10.1 Å². The van der Waals surface area contributed by atoms with Gasteiger partial charge in [0.15, 0.2) is 0 Å². The summed E-state index contributed by atoms with van der Waals surface area (Å²) in [6, 6.07) is 22.0. The van der Waals surface area contributed by atoms with Crippen LogP contribution in [0.15, 0.2) is 84.3 Å². The van der Waals surface area contributed by atoms with Crippen LogP contribution in [0, 0.1) is 0 Å². The molecule has 0 amide bonds. The minimum atomic E-state index is 0.324. The summed E-state index contributed by atoms with van der Waals surface area (Å²) >= 11 is 6.12. The van der Waals surface area contributed by atoms with E-state index in [0.29, 0.717) is 23.2 Å². The molecule has 7 heteroatoms. The minimum absolute atomic E-state index is 0.324. The number of benzene rings is 2. The molecule has 6 nitrogen and oxygen atoms in total. The SMILES string of the molecule is ON=C(Cc1ccccc1)N1CCC(c2[nH]nc(-c3ccc(Cl)cc3)c2-c2ccncc2)CC1. The molecule has 3 heterocycles. The quantitative estimate of drug-likeness (QED) is 0.162. The number of aromatic amines is 1. The van der Waals surface area contributed by atoms with Gasteiger partial charge in [-0.2, -0.15) is 5.10 Å². The molecular formula is C27H26ClN5O. The van der Waals surface area contributed by atoms with Crippen molar-refractivity contribution < 1.29 is 5.21 Å². The summed E-state index contributed by atoms with van der Waals surface area (Å²) in [5.41, 5.74) is 6.42. The molecule has 0 atom stereocenters. The second-order valence-electron chi connectivity index (χ2n) is 8.54. The average molecular weight is 472 g/mol. The molecule has 0 radical (unpaired) electrons. The molecule has 4 aromatic rings. The van der Waals surface area contributed by atoms with Gasteiger partial charge < -0.3 is 10.1 Å². The molecule has 1 fully saturated rings. The molecule has 2 N–H and O–H groups in total. The standard InChI is InChI=1S/C27H26ClN5O/c28-23-8-6-21(7-9-23)26-25(20-10-14-29-15-11-20)27(31-30-26)22-12-16-33(17-13-22)24(32-34)18-19-4-2-1-3-5-19/h1-11,14-15,22,34H,12-13,16-18H2,(H,30,31). The largest absolute Gasteiger partial charge is 0.409 e. The number of piperidine rings is 1. The summed E-state index contributed by atoms with van der Waals surface area (Å²) in [4.78, 5) is 6.38. The van der Waals surface area contributed by atoms with Crippen LogP contribution in [0.4, 0.5) is 0 Å². The molecule has 0 unspecified atom stereocenters. The maximum absolute atomic E-state index is 9.68. The van der Waals surface area contributed by atoms with E-state index in [0.717, 1.165) is 59.6 Å². The van der Waals surface area contributed by atoms with E-state index >= 15 is 0 Å². The molecule has 0 aliphatic carbocycles. The van der Waals surface area contributed by atoms with Gasteiger partial charge >= 0.3 is 0 Å². The highest BCUT2D eigenvalue weighted by Crippen LogP contribution is 2.40. The number of pyridine rings is 1. The van der Waals surface area contributed by atoms with E-state index in [1.54, 1.807) is 0 Å². The monoisotopic (exact) mass is 471 g/mol. The van der Waals surface area contributed by atoms with E-state index in [4.69, 9.17) is 16.7 Å². The van der Waals surface area contributed by atoms with E-state index in [-0.39, 0.29) is 0 Å². The molecule has 0 bridgehead atoms. The van der Waals surface area contributed by atoms with Crippen LogP contribution in [-0.2, 0) is 6.42 Å². The molecule has 1 aliphatic rings. The number of hydrogen-bond donors (Lipinski definition) is 2. The van der Waals surface area contributed by atoms with Crippen molar-refractivity contribution in [2.75, 3.05) is 13.1 Å². The topological polar surface area (TPSA) is 77.4 Å². The molecule has 5 rings (SSSR count). The normalized spacial score (nSPS) is 15.0. The third kappa shape index (κ3) is 4.68. The second-order valence-corrected chi connectivity index (χ2v) is 8.98. The summed E-state index contributed by atoms with van der Waals surface area (Å²) in [7, 11) is 0. The van der Waals surface area contributed by atoms with Gasteiger partial charge in [-0.15, -0.1) is 0 Å². The average Bonchev–Trinajstić information content (AvgIpc) is 3.34. The first kappa shape index (κ1) is 22.2. The molecular weight excluding hydrogens is 446 g/mol. The lowest BCUT2D eigenvalue weighted by atomic mass is 9.87. The van der Waals surface area contributed by atoms with Crippen LogP contribution in [0.2, 0.25) is 5.02 Å². The number of nitrogens with one attached hydrogen (secondary N) is 1. The van der Waals surface area contributed by atoms with Gasteiger partial charge in [-0.05, 0) is 48.2 Å². The number of halogens is 1. The van der Waals surface area contributed by atoms with Gasteiger partial charge in [0.1, 0.15) is 11.5 Å². The summed E-state index contributed by atoms with van der Waals surface area (Å²) in [5, 5.41) is 22.1. The highest BCUT2D eigenvalue weighted by molar-refractivity contribution is 6.30. The van der Waals surface area contributed by atoms with Crippen molar-refractivity contribution in [2.24, 2.45) is 5.16 Å². The van der Waals surface area contributed by atoms with E-state index < -0.39 is 0 Å². The van der Waals surface area contributed by atoms with Gasteiger partial charge in [0.2, 0.25) is 0 Å². The predicted molar refractivity (Wildman–Crippen MR) is 135 cm³/mol. The maximum Gasteiger partial charge on any atom is 0.148 e. The molecule has 0 spiro atoms. The molecule has 2 aromatic heterocycles. The van der Waals surface area contributed by atoms with Crippen LogP contribution in [0.5, 0.6) is 0 Å². The third-order valence-corrected chi connectivity index (χ3v) is 6.72. The van der Waals surface area contributed by atoms with Crippen molar-refractivity contribution >= 4 is 17.4 Å². The Morgan fingerprint density at radius 1 is 0.971 bits per heavy atom. The minimum Gasteiger partial charge on any atom is -0.409 e. The van der Waals surface area contributed by atoms with E-state index in [1.807, 2.05) is 67.0 Å². The Labute approximate surface area is 203 Å². The van der Waals surface area contributed by atoms with E-state index in [2.05, 4.69) is 32.3 Å². The molecule has 34 heavy (non-hydrogen) atoms. The highest BCUT2D eigenvalue weighted by atomic mass is 35.5. The van der Waals surface area contributed by atoms with Crippen LogP contribution in [0.3, 0.4) is 0 Å². The zero-order valence-corrected chi connectivity index (χ0v) is 19.5. The molecule has 2 aromatic carbocycles. The van der Waals surface area contributed by atoms with Gasteiger partial charge in [0.25, 0.3) is 0 Å². The second kappa shape index (κ2) is 10.1. The fourth-order valence-electron chi connectivity index (χ4n) is 4.69. The van der Waals surface area contributed by atoms with Crippen molar-refractivity contribution in [1.82, 2.24) is 20.1 Å². The number of hydrogen-bond acceptors (Lipinski definition) is 4. The maximum atomic E-state index is 9.68. The zero-order valence-electron chi connectivity index (χ0n) is 18.7. The number of rotatable bonds is 5. The molecule has 0 saturated carbocycles. The first-order valence-electron chi connectivity index (χ1n) is 11.5. The molecule has 1 saturated heterocycles. The lowest BCUT2D eigenvalue weighted by molar-refractivity contribution is 0.270. The Morgan fingerprint density at radius 2 is 1.68 bits per heavy atom. The van der Waals surface area contributed by atoms with E-state index in [9.17, 15) is 5.21 Å². The van der Waals surface area contributed by atoms with Crippen LogP contribution >= 0.6 is 11.6 Å². The van der Waals surface area contributed by atoms with Crippen LogP contribution in [0.25, 0.3) is 22.4 Å². The fourth-order valence-corrected chi connectivity index (χ4v) is 4.82. The number of aromatic nitrogens is 3. The first-order valence-corrected chi connectivity index (χ1v) is 11.8. The fraction of sp³-hybridized carbons (Fsp3) is 0.222. The van der Waals surface area contributed by atoms with Gasteiger partial charge in [0.05, 0.1) is 0 Å². The highest BCUT2D eigenvalue weighted by Gasteiger charge is 2.28. The van der Waals surface area contributed by atoms with Crippen LogP contribution in [0.1, 0.15) is 30.0 Å². The Hall–Kier alpha value is -3.64. The predicted octanol–water partition coefficient (Wildman–Crippen LogP) is 6.00. The molecule has 1 aliphatic heterocycles. The van der Waals surface area contributed by atoms with Crippen molar-refractivity contribution in [3.63, 3.8) is 0 Å². The third-order valence-electron chi connectivity index (χ3n) is 6.47. The number of nitrogens with zero attached hydrogens (tertiary/aromatic N) is 4. The number of oxime groups is 1. The number of H-pyrrole nitrogens is 1. The van der Waals surface area contributed by atoms with Crippen molar-refractivity contribution in [1.29, 1.82) is 0 Å². The number of amidine groups is 1. The smallest absolute Gasteiger partial charge is 0.148 e. The molecule has 172 valence electrons. The summed E-state index contributed by atoms with van der Waals surface area (Å²) in [5.74, 6) is 1.04. The zero-order chi connectivity index (χ0) is 23.3. The Kier molecular flexibility index (Phi) is 6.58. The van der Waals surface area contributed by atoms with Crippen LogP contribution in [-0.4, -0.2) is 44.2 Å².